The van der Waals surface area contributed by atoms with Crippen LogP contribution in [0.3, 0.4) is 0 Å². The molecule has 0 bridgehead atoms. The van der Waals surface area contributed by atoms with Crippen molar-refractivity contribution in [2.45, 2.75) is 0 Å². The van der Waals surface area contributed by atoms with Crippen LogP contribution in [-0.4, -0.2) is 33.4 Å². The van der Waals surface area contributed by atoms with Gasteiger partial charge in [-0.3, -0.25) is 0 Å². The van der Waals surface area contributed by atoms with E-state index in [9.17, 15) is 0 Å². The van der Waals surface area contributed by atoms with Crippen molar-refractivity contribution in [3.8, 4) is 45.3 Å². The van der Waals surface area contributed by atoms with E-state index in [1.54, 1.807) is 34.6 Å². The van der Waals surface area contributed by atoms with Gasteiger partial charge < -0.3 is 24.7 Å². The van der Waals surface area contributed by atoms with Gasteiger partial charge >= 0.3 is 0 Å². The quantitative estimate of drug-likeness (QED) is 0.710. The highest BCUT2D eigenvalue weighted by atomic mass is 16.5. The monoisotopic (exact) mass is 366 g/mol. The van der Waals surface area contributed by atoms with Gasteiger partial charge in [0.25, 0.3) is 0 Å². The molecule has 0 spiro atoms. The van der Waals surface area contributed by atoms with E-state index in [1.807, 2.05) is 42.5 Å². The second-order valence-electron chi connectivity index (χ2n) is 5.80. The van der Waals surface area contributed by atoms with Gasteiger partial charge in [0.15, 0.2) is 11.5 Å². The summed E-state index contributed by atoms with van der Waals surface area (Å²) in [6, 6.07) is 13.5. The molecule has 6 nitrogen and oxygen atoms in total. The van der Waals surface area contributed by atoms with Crippen molar-refractivity contribution < 1.29 is 18.9 Å². The van der Waals surface area contributed by atoms with E-state index < -0.39 is 0 Å². The number of hydrogen-bond acceptors (Lipinski definition) is 6. The Morgan fingerprint density at radius 1 is 0.741 bits per heavy atom. The van der Waals surface area contributed by atoms with Crippen LogP contribution in [0.15, 0.2) is 48.7 Å². The summed E-state index contributed by atoms with van der Waals surface area (Å²) in [4.78, 5) is 4.36. The maximum absolute atomic E-state index is 6.16. The van der Waals surface area contributed by atoms with Crippen molar-refractivity contribution in [3.05, 3.63) is 48.7 Å². The number of hydrogen-bond donors (Lipinski definition) is 1. The summed E-state index contributed by atoms with van der Waals surface area (Å²) in [5.41, 5.74) is 9.66. The molecule has 1 aromatic heterocycles. The molecule has 6 heteroatoms. The van der Waals surface area contributed by atoms with Crippen molar-refractivity contribution >= 4 is 5.82 Å². The molecule has 140 valence electrons. The van der Waals surface area contributed by atoms with Crippen LogP contribution in [0, 0.1) is 0 Å². The number of nitrogens with zero attached hydrogens (tertiary/aromatic N) is 1. The number of rotatable bonds is 6. The van der Waals surface area contributed by atoms with E-state index in [0.29, 0.717) is 23.1 Å². The van der Waals surface area contributed by atoms with Crippen LogP contribution in [-0.2, 0) is 0 Å². The third-order valence-corrected chi connectivity index (χ3v) is 4.30. The standard InChI is InChI=1S/C21H22N2O4/c1-24-16-7-5-6-13(8-16)15-9-17(21(22)23-12-15)14-10-18(25-2)20(27-4)19(11-14)26-3/h5-12H,1-4H3,(H2,22,23). The van der Waals surface area contributed by atoms with Crippen molar-refractivity contribution in [3.63, 3.8) is 0 Å². The molecular weight excluding hydrogens is 344 g/mol. The first-order chi connectivity index (χ1) is 13.1. The first-order valence-corrected chi connectivity index (χ1v) is 8.31. The largest absolute Gasteiger partial charge is 0.497 e. The summed E-state index contributed by atoms with van der Waals surface area (Å²) in [6.45, 7) is 0. The number of aromatic nitrogens is 1. The maximum Gasteiger partial charge on any atom is 0.203 e. The highest BCUT2D eigenvalue weighted by molar-refractivity contribution is 5.82. The fourth-order valence-corrected chi connectivity index (χ4v) is 2.90. The lowest BCUT2D eigenvalue weighted by Gasteiger charge is -2.15. The smallest absolute Gasteiger partial charge is 0.203 e. The van der Waals surface area contributed by atoms with Gasteiger partial charge in [0, 0.05) is 17.3 Å². The Morgan fingerprint density at radius 2 is 1.44 bits per heavy atom. The predicted octanol–water partition coefficient (Wildman–Crippen LogP) is 4.03. The molecule has 0 atom stereocenters. The highest BCUT2D eigenvalue weighted by Gasteiger charge is 2.16. The Bertz CT molecular complexity index is 932. The SMILES string of the molecule is COc1cccc(-c2cnc(N)c(-c3cc(OC)c(OC)c(OC)c3)c2)c1. The zero-order valence-corrected chi connectivity index (χ0v) is 15.8. The van der Waals surface area contributed by atoms with Gasteiger partial charge in [-0.1, -0.05) is 12.1 Å². The fourth-order valence-electron chi connectivity index (χ4n) is 2.90. The van der Waals surface area contributed by atoms with Gasteiger partial charge in [0.2, 0.25) is 5.75 Å². The van der Waals surface area contributed by atoms with Gasteiger partial charge in [0.05, 0.1) is 28.4 Å². The summed E-state index contributed by atoms with van der Waals surface area (Å²) in [5, 5.41) is 0. The van der Waals surface area contributed by atoms with Crippen LogP contribution in [0.25, 0.3) is 22.3 Å². The van der Waals surface area contributed by atoms with E-state index in [1.165, 1.54) is 0 Å². The third-order valence-electron chi connectivity index (χ3n) is 4.30. The topological polar surface area (TPSA) is 75.8 Å². The molecule has 1 heterocycles. The minimum absolute atomic E-state index is 0.413. The second-order valence-corrected chi connectivity index (χ2v) is 5.80. The normalized spacial score (nSPS) is 10.4. The van der Waals surface area contributed by atoms with Crippen LogP contribution < -0.4 is 24.7 Å². The van der Waals surface area contributed by atoms with Gasteiger partial charge in [-0.15, -0.1) is 0 Å². The summed E-state index contributed by atoms with van der Waals surface area (Å²) < 4.78 is 21.6. The van der Waals surface area contributed by atoms with Crippen LogP contribution >= 0.6 is 0 Å². The molecule has 0 aliphatic heterocycles. The number of methoxy groups -OCH3 is 4. The Morgan fingerprint density at radius 3 is 2.04 bits per heavy atom. The van der Waals surface area contributed by atoms with E-state index in [-0.39, 0.29) is 0 Å². The number of nitrogen functional groups attached to an aromatic ring is 1. The van der Waals surface area contributed by atoms with Gasteiger partial charge in [0.1, 0.15) is 11.6 Å². The van der Waals surface area contributed by atoms with E-state index >= 15 is 0 Å². The van der Waals surface area contributed by atoms with Crippen LogP contribution in [0.5, 0.6) is 23.0 Å². The summed E-state index contributed by atoms with van der Waals surface area (Å²) in [7, 11) is 6.37. The summed E-state index contributed by atoms with van der Waals surface area (Å²) >= 11 is 0. The molecule has 0 amide bonds. The summed E-state index contributed by atoms with van der Waals surface area (Å²) in [5.74, 6) is 2.82. The average Bonchev–Trinajstić information content (AvgIpc) is 2.72. The first kappa shape index (κ1) is 18.4. The fraction of sp³-hybridized carbons (Fsp3) is 0.190. The third kappa shape index (κ3) is 3.60. The minimum atomic E-state index is 0.413. The number of anilines is 1. The molecule has 0 saturated carbocycles. The van der Waals surface area contributed by atoms with E-state index in [4.69, 9.17) is 24.7 Å². The molecule has 2 N–H and O–H groups in total. The lowest BCUT2D eigenvalue weighted by Crippen LogP contribution is -1.98. The molecule has 0 aliphatic carbocycles. The minimum Gasteiger partial charge on any atom is -0.497 e. The molecule has 27 heavy (non-hydrogen) atoms. The van der Waals surface area contributed by atoms with Gasteiger partial charge in [-0.05, 0) is 41.5 Å². The van der Waals surface area contributed by atoms with Crippen LogP contribution in [0.1, 0.15) is 0 Å². The number of benzene rings is 2. The van der Waals surface area contributed by atoms with Crippen molar-refractivity contribution in [2.75, 3.05) is 34.2 Å². The molecule has 0 unspecified atom stereocenters. The number of ether oxygens (including phenoxy) is 4. The molecule has 0 fully saturated rings. The Labute approximate surface area is 158 Å². The Kier molecular flexibility index (Phi) is 5.35. The molecule has 2 aromatic carbocycles. The Balaban J connectivity index is 2.14. The van der Waals surface area contributed by atoms with Crippen molar-refractivity contribution in [1.82, 2.24) is 4.98 Å². The molecular formula is C21H22N2O4. The lowest BCUT2D eigenvalue weighted by atomic mass is 10.00. The highest BCUT2D eigenvalue weighted by Crippen LogP contribution is 2.42. The van der Waals surface area contributed by atoms with Crippen LogP contribution in [0.4, 0.5) is 5.82 Å². The number of pyridine rings is 1. The molecule has 0 radical (unpaired) electrons. The maximum atomic E-state index is 6.16. The average molecular weight is 366 g/mol. The van der Waals surface area contributed by atoms with Crippen LogP contribution in [0.2, 0.25) is 0 Å². The molecule has 0 saturated heterocycles. The number of nitrogens with two attached hydrogens (primary N) is 1. The van der Waals surface area contributed by atoms with Crippen molar-refractivity contribution in [2.24, 2.45) is 0 Å². The first-order valence-electron chi connectivity index (χ1n) is 8.31. The van der Waals surface area contributed by atoms with Gasteiger partial charge in [-0.2, -0.15) is 0 Å². The van der Waals surface area contributed by atoms with Gasteiger partial charge in [-0.25, -0.2) is 4.98 Å². The van der Waals surface area contributed by atoms with E-state index in [2.05, 4.69) is 4.98 Å². The Hall–Kier alpha value is -3.41. The zero-order chi connectivity index (χ0) is 19.4. The zero-order valence-electron chi connectivity index (χ0n) is 15.8. The lowest BCUT2D eigenvalue weighted by molar-refractivity contribution is 0.324. The molecule has 3 rings (SSSR count). The second kappa shape index (κ2) is 7.86. The molecule has 3 aromatic rings. The van der Waals surface area contributed by atoms with E-state index in [0.717, 1.165) is 28.0 Å². The predicted molar refractivity (Wildman–Crippen MR) is 106 cm³/mol. The van der Waals surface area contributed by atoms with Crippen molar-refractivity contribution in [1.29, 1.82) is 0 Å². The molecule has 0 aliphatic rings. The summed E-state index contributed by atoms with van der Waals surface area (Å²) in [6.07, 6.45) is 1.74.